The lowest BCUT2D eigenvalue weighted by molar-refractivity contribution is -0.261. The first-order valence-electron chi connectivity index (χ1n) is 6.46. The lowest BCUT2D eigenvalue weighted by atomic mass is 9.98. The molecule has 1 aromatic carbocycles. The summed E-state index contributed by atoms with van der Waals surface area (Å²) in [7, 11) is 0. The lowest BCUT2D eigenvalue weighted by Gasteiger charge is -2.41. The standard InChI is InChI=1S/C14H17NO4/c1-9-7-11(15-16)13-12(18-9)8-17-14(19-13)10-5-3-2-4-6-10/h2-6,9,12-14,16H,7-8H2,1H3. The molecule has 0 spiro atoms. The topological polar surface area (TPSA) is 60.3 Å². The Morgan fingerprint density at radius 3 is 2.74 bits per heavy atom. The molecule has 4 unspecified atom stereocenters. The first-order chi connectivity index (χ1) is 9.28. The zero-order valence-electron chi connectivity index (χ0n) is 10.7. The fraction of sp³-hybridized carbons (Fsp3) is 0.500. The van der Waals surface area contributed by atoms with E-state index in [1.54, 1.807) is 0 Å². The van der Waals surface area contributed by atoms with Crippen molar-refractivity contribution < 1.29 is 19.4 Å². The lowest BCUT2D eigenvalue weighted by Crippen LogP contribution is -2.52. The van der Waals surface area contributed by atoms with Crippen molar-refractivity contribution in [1.82, 2.24) is 0 Å². The molecule has 1 N–H and O–H groups in total. The highest BCUT2D eigenvalue weighted by molar-refractivity contribution is 5.90. The largest absolute Gasteiger partial charge is 0.411 e. The molecular formula is C14H17NO4. The van der Waals surface area contributed by atoms with Crippen LogP contribution in [0.2, 0.25) is 0 Å². The highest BCUT2D eigenvalue weighted by atomic mass is 16.7. The molecule has 0 saturated carbocycles. The first kappa shape index (κ1) is 12.6. The summed E-state index contributed by atoms with van der Waals surface area (Å²) < 4.78 is 17.3. The smallest absolute Gasteiger partial charge is 0.184 e. The SMILES string of the molecule is CC1CC(=NO)C2OC(c3ccccc3)OCC2O1. The molecule has 0 aromatic heterocycles. The van der Waals surface area contributed by atoms with E-state index >= 15 is 0 Å². The van der Waals surface area contributed by atoms with Crippen molar-refractivity contribution in [2.45, 2.75) is 37.9 Å². The van der Waals surface area contributed by atoms with Gasteiger partial charge in [0.2, 0.25) is 0 Å². The number of ether oxygens (including phenoxy) is 3. The summed E-state index contributed by atoms with van der Waals surface area (Å²) in [5.74, 6) is 0. The van der Waals surface area contributed by atoms with Gasteiger partial charge in [0, 0.05) is 12.0 Å². The molecule has 3 rings (SSSR count). The summed E-state index contributed by atoms with van der Waals surface area (Å²) in [6.07, 6.45) is -0.363. The summed E-state index contributed by atoms with van der Waals surface area (Å²) in [6, 6.07) is 9.73. The van der Waals surface area contributed by atoms with Gasteiger partial charge in [-0.1, -0.05) is 35.5 Å². The van der Waals surface area contributed by atoms with Crippen LogP contribution in [-0.4, -0.2) is 35.8 Å². The molecular weight excluding hydrogens is 246 g/mol. The Hall–Kier alpha value is -1.43. The van der Waals surface area contributed by atoms with E-state index in [2.05, 4.69) is 5.16 Å². The van der Waals surface area contributed by atoms with Gasteiger partial charge in [-0.25, -0.2) is 0 Å². The second-order valence-electron chi connectivity index (χ2n) is 4.91. The van der Waals surface area contributed by atoms with Crippen molar-refractivity contribution in [3.05, 3.63) is 35.9 Å². The molecule has 2 aliphatic rings. The zero-order valence-corrected chi connectivity index (χ0v) is 10.7. The molecule has 1 aromatic rings. The van der Waals surface area contributed by atoms with Gasteiger partial charge >= 0.3 is 0 Å². The Bertz CT molecular complexity index is 462. The number of benzene rings is 1. The molecule has 19 heavy (non-hydrogen) atoms. The second kappa shape index (κ2) is 5.28. The Balaban J connectivity index is 1.78. The normalized spacial score (nSPS) is 37.0. The van der Waals surface area contributed by atoms with Crippen LogP contribution in [-0.2, 0) is 14.2 Å². The van der Waals surface area contributed by atoms with Crippen LogP contribution in [0.1, 0.15) is 25.2 Å². The molecule has 2 saturated heterocycles. The van der Waals surface area contributed by atoms with Gasteiger partial charge in [0.05, 0.1) is 18.4 Å². The molecule has 2 aliphatic heterocycles. The third kappa shape index (κ3) is 2.49. The average Bonchev–Trinajstić information content (AvgIpc) is 2.46. The fourth-order valence-electron chi connectivity index (χ4n) is 2.57. The van der Waals surface area contributed by atoms with Gasteiger partial charge in [-0.15, -0.1) is 0 Å². The van der Waals surface area contributed by atoms with Crippen molar-refractivity contribution in [2.75, 3.05) is 6.61 Å². The van der Waals surface area contributed by atoms with Crippen LogP contribution >= 0.6 is 0 Å². The number of fused-ring (bicyclic) bond motifs is 1. The van der Waals surface area contributed by atoms with Crippen LogP contribution in [0.25, 0.3) is 0 Å². The molecule has 5 heteroatoms. The molecule has 0 bridgehead atoms. The molecule has 0 aliphatic carbocycles. The van der Waals surface area contributed by atoms with Crippen LogP contribution in [0.3, 0.4) is 0 Å². The maximum Gasteiger partial charge on any atom is 0.184 e. The summed E-state index contributed by atoms with van der Waals surface area (Å²) in [4.78, 5) is 0. The highest BCUT2D eigenvalue weighted by Crippen LogP contribution is 2.32. The van der Waals surface area contributed by atoms with Crippen molar-refractivity contribution >= 4 is 5.71 Å². The van der Waals surface area contributed by atoms with Crippen molar-refractivity contribution in [1.29, 1.82) is 0 Å². The van der Waals surface area contributed by atoms with E-state index in [0.29, 0.717) is 18.7 Å². The van der Waals surface area contributed by atoms with E-state index < -0.39 is 6.29 Å². The average molecular weight is 263 g/mol. The van der Waals surface area contributed by atoms with Gasteiger partial charge in [-0.05, 0) is 6.92 Å². The maximum absolute atomic E-state index is 9.12. The predicted octanol–water partition coefficient (Wildman–Crippen LogP) is 2.11. The number of oxime groups is 1. The molecule has 0 amide bonds. The minimum Gasteiger partial charge on any atom is -0.411 e. The Labute approximate surface area is 111 Å². The molecule has 5 nitrogen and oxygen atoms in total. The predicted molar refractivity (Wildman–Crippen MR) is 68.2 cm³/mol. The first-order valence-corrected chi connectivity index (χ1v) is 6.46. The van der Waals surface area contributed by atoms with Crippen LogP contribution < -0.4 is 0 Å². The van der Waals surface area contributed by atoms with E-state index in [4.69, 9.17) is 19.4 Å². The van der Waals surface area contributed by atoms with E-state index in [-0.39, 0.29) is 18.3 Å². The molecule has 4 atom stereocenters. The third-order valence-electron chi connectivity index (χ3n) is 3.45. The Morgan fingerprint density at radius 2 is 2.00 bits per heavy atom. The van der Waals surface area contributed by atoms with Crippen LogP contribution in [0.4, 0.5) is 0 Å². The molecule has 102 valence electrons. The number of rotatable bonds is 1. The van der Waals surface area contributed by atoms with E-state index in [9.17, 15) is 0 Å². The molecule has 0 radical (unpaired) electrons. The fourth-order valence-corrected chi connectivity index (χ4v) is 2.57. The minimum atomic E-state index is -0.434. The molecule has 2 heterocycles. The number of hydrogen-bond acceptors (Lipinski definition) is 5. The van der Waals surface area contributed by atoms with Gasteiger partial charge < -0.3 is 19.4 Å². The van der Waals surface area contributed by atoms with E-state index in [1.807, 2.05) is 37.3 Å². The highest BCUT2D eigenvalue weighted by Gasteiger charge is 2.41. The van der Waals surface area contributed by atoms with Crippen molar-refractivity contribution in [2.24, 2.45) is 5.16 Å². The Kier molecular flexibility index (Phi) is 3.50. The van der Waals surface area contributed by atoms with Gasteiger partial charge in [0.15, 0.2) is 6.29 Å². The van der Waals surface area contributed by atoms with Gasteiger partial charge in [-0.3, -0.25) is 0 Å². The van der Waals surface area contributed by atoms with Gasteiger partial charge in [0.1, 0.15) is 12.2 Å². The summed E-state index contributed by atoms with van der Waals surface area (Å²) in [5.41, 5.74) is 1.59. The van der Waals surface area contributed by atoms with E-state index in [1.165, 1.54) is 0 Å². The van der Waals surface area contributed by atoms with Gasteiger partial charge in [0.25, 0.3) is 0 Å². The van der Waals surface area contributed by atoms with Crippen LogP contribution in [0, 0.1) is 0 Å². The monoisotopic (exact) mass is 263 g/mol. The quantitative estimate of drug-likeness (QED) is 0.622. The summed E-state index contributed by atoms with van der Waals surface area (Å²) in [6.45, 7) is 2.39. The number of hydrogen-bond donors (Lipinski definition) is 1. The zero-order chi connectivity index (χ0) is 13.2. The minimum absolute atomic E-state index is 0.0209. The molecule has 2 fully saturated rings. The summed E-state index contributed by atoms with van der Waals surface area (Å²) >= 11 is 0. The number of nitrogens with zero attached hydrogens (tertiary/aromatic N) is 1. The Morgan fingerprint density at radius 1 is 1.21 bits per heavy atom. The maximum atomic E-state index is 9.12. The third-order valence-corrected chi connectivity index (χ3v) is 3.45. The second-order valence-corrected chi connectivity index (χ2v) is 4.91. The van der Waals surface area contributed by atoms with Crippen molar-refractivity contribution in [3.8, 4) is 0 Å². The summed E-state index contributed by atoms with van der Waals surface area (Å²) in [5, 5.41) is 12.5. The van der Waals surface area contributed by atoms with Gasteiger partial charge in [-0.2, -0.15) is 0 Å². The van der Waals surface area contributed by atoms with Crippen LogP contribution in [0.5, 0.6) is 0 Å². The van der Waals surface area contributed by atoms with Crippen molar-refractivity contribution in [3.63, 3.8) is 0 Å². The van der Waals surface area contributed by atoms with E-state index in [0.717, 1.165) is 5.56 Å². The van der Waals surface area contributed by atoms with Crippen LogP contribution in [0.15, 0.2) is 35.5 Å².